The highest BCUT2D eigenvalue weighted by Crippen LogP contribution is 2.14. The predicted molar refractivity (Wildman–Crippen MR) is 187 cm³/mol. The van der Waals surface area contributed by atoms with Crippen LogP contribution in [0.2, 0.25) is 0 Å². The first-order chi connectivity index (χ1) is 23.9. The fraction of sp³-hybridized carbons (Fsp3) is 0.378. The van der Waals surface area contributed by atoms with E-state index in [4.69, 9.17) is 14.9 Å². The van der Waals surface area contributed by atoms with Crippen LogP contribution in [0.1, 0.15) is 47.5 Å². The number of carbonyl (C=O) groups excluding carboxylic acids is 2. The normalized spacial score (nSPS) is 11.4. The molecule has 4 aromatic rings. The van der Waals surface area contributed by atoms with E-state index in [0.29, 0.717) is 38.3 Å². The largest absolute Gasteiger partial charge is 0.400 e. The van der Waals surface area contributed by atoms with Gasteiger partial charge in [0.05, 0.1) is 42.8 Å². The van der Waals surface area contributed by atoms with Crippen LogP contribution < -0.4 is 5.32 Å². The highest BCUT2D eigenvalue weighted by Gasteiger charge is 2.13. The number of unbranched alkanes of at least 4 members (excludes halogenated alkanes) is 1. The number of benzene rings is 1. The highest BCUT2D eigenvalue weighted by atomic mass is 16.5. The van der Waals surface area contributed by atoms with Crippen LogP contribution in [-0.4, -0.2) is 91.9 Å². The number of rotatable bonds is 19. The van der Waals surface area contributed by atoms with Crippen molar-refractivity contribution >= 4 is 17.5 Å². The van der Waals surface area contributed by atoms with E-state index in [1.165, 1.54) is 0 Å². The monoisotopic (exact) mass is 672 g/mol. The molecule has 49 heavy (non-hydrogen) atoms. The number of hydrogen-bond acceptors (Lipinski definition) is 10. The minimum absolute atomic E-state index is 0.00768. The second kappa shape index (κ2) is 22.1. The van der Waals surface area contributed by atoms with Gasteiger partial charge in [-0.2, -0.15) is 0 Å². The van der Waals surface area contributed by atoms with Gasteiger partial charge in [0.15, 0.2) is 0 Å². The number of aliphatic hydroxyl groups excluding tert-OH is 3. The van der Waals surface area contributed by atoms with E-state index in [1.807, 2.05) is 60.7 Å². The molecule has 4 rings (SSSR count). The summed E-state index contributed by atoms with van der Waals surface area (Å²) < 4.78 is 5.64. The molecule has 0 aliphatic heterocycles. The zero-order valence-corrected chi connectivity index (χ0v) is 28.3. The molecule has 3 heterocycles. The van der Waals surface area contributed by atoms with Crippen LogP contribution in [0.5, 0.6) is 0 Å². The van der Waals surface area contributed by atoms with Crippen LogP contribution in [0.25, 0.3) is 0 Å². The van der Waals surface area contributed by atoms with Crippen molar-refractivity contribution in [2.45, 2.75) is 58.0 Å². The number of likely N-dealkylation sites (N-methyl/N-ethyl adjacent to an activating group) is 1. The van der Waals surface area contributed by atoms with Gasteiger partial charge in [-0.1, -0.05) is 30.3 Å². The van der Waals surface area contributed by atoms with Gasteiger partial charge in [0.25, 0.3) is 0 Å². The summed E-state index contributed by atoms with van der Waals surface area (Å²) in [5.74, 6) is -0.282. The Hall–Kier alpha value is -4.59. The molecule has 262 valence electrons. The number of aromatic nitrogens is 3. The SMILES string of the molecule is CN(CCCCC(O)CO)C(=O)Cc1ccc(NC(=O)COCc2ccc(CN(Cc3ccccn3)Cc3ccccn3)nc2)cc1.CO. The molecular formula is C37H48N6O6. The summed E-state index contributed by atoms with van der Waals surface area (Å²) >= 11 is 0. The van der Waals surface area contributed by atoms with Crippen molar-refractivity contribution in [2.24, 2.45) is 0 Å². The Morgan fingerprint density at radius 3 is 1.98 bits per heavy atom. The molecule has 0 saturated carbocycles. The molecule has 0 spiro atoms. The quantitative estimate of drug-likeness (QED) is 0.109. The zero-order valence-electron chi connectivity index (χ0n) is 28.3. The number of hydrogen-bond donors (Lipinski definition) is 4. The van der Waals surface area contributed by atoms with E-state index >= 15 is 0 Å². The number of nitrogens with zero attached hydrogens (tertiary/aromatic N) is 5. The maximum Gasteiger partial charge on any atom is 0.250 e. The van der Waals surface area contributed by atoms with E-state index in [1.54, 1.807) is 42.7 Å². The Balaban J connectivity index is 0.00000319. The average Bonchev–Trinajstić information content (AvgIpc) is 3.13. The first-order valence-electron chi connectivity index (χ1n) is 16.3. The van der Waals surface area contributed by atoms with Gasteiger partial charge in [0, 0.05) is 64.6 Å². The van der Waals surface area contributed by atoms with E-state index in [9.17, 15) is 14.7 Å². The fourth-order valence-electron chi connectivity index (χ4n) is 4.89. The standard InChI is InChI=1S/C36H44N6O5.CH4O/c1-41(19-7-4-10-34(44)25-43)36(46)20-28-11-14-30(15-12-28)40-35(45)27-47-26-29-13-16-33(39-21-29)24-42(22-31-8-2-5-17-37-31)23-32-9-3-6-18-38-32;1-2/h2-3,5-6,8-9,11-18,21,34,43-44H,4,7,10,19-20,22-27H2,1H3,(H,40,45);2H,1H3. The lowest BCUT2D eigenvalue weighted by Crippen LogP contribution is -2.29. The number of carbonyl (C=O) groups is 2. The second-order valence-electron chi connectivity index (χ2n) is 11.5. The number of anilines is 1. The average molecular weight is 673 g/mol. The van der Waals surface area contributed by atoms with Crippen LogP contribution in [0.15, 0.2) is 91.4 Å². The molecule has 1 aromatic carbocycles. The third kappa shape index (κ3) is 15.0. The lowest BCUT2D eigenvalue weighted by atomic mass is 10.1. The van der Waals surface area contributed by atoms with Crippen molar-refractivity contribution in [3.63, 3.8) is 0 Å². The molecule has 2 amide bonds. The molecule has 0 bridgehead atoms. The van der Waals surface area contributed by atoms with Gasteiger partial charge in [-0.05, 0) is 72.9 Å². The first kappa shape index (κ1) is 38.9. The van der Waals surface area contributed by atoms with Gasteiger partial charge in [0.1, 0.15) is 6.61 Å². The smallest absolute Gasteiger partial charge is 0.250 e. The van der Waals surface area contributed by atoms with Crippen LogP contribution in [0.3, 0.4) is 0 Å². The van der Waals surface area contributed by atoms with E-state index in [2.05, 4.69) is 25.2 Å². The lowest BCUT2D eigenvalue weighted by Gasteiger charge is -2.21. The van der Waals surface area contributed by atoms with Crippen molar-refractivity contribution in [1.29, 1.82) is 0 Å². The summed E-state index contributed by atoms with van der Waals surface area (Å²) in [6.45, 7) is 2.44. The summed E-state index contributed by atoms with van der Waals surface area (Å²) in [4.78, 5) is 42.5. The molecule has 0 aliphatic carbocycles. The number of amides is 2. The van der Waals surface area contributed by atoms with Crippen LogP contribution in [-0.2, 0) is 47.0 Å². The van der Waals surface area contributed by atoms with Crippen molar-refractivity contribution in [1.82, 2.24) is 24.8 Å². The van der Waals surface area contributed by atoms with Crippen LogP contribution in [0, 0.1) is 0 Å². The Labute approximate surface area is 288 Å². The van der Waals surface area contributed by atoms with Crippen molar-refractivity contribution < 1.29 is 29.6 Å². The molecule has 12 nitrogen and oxygen atoms in total. The Bertz CT molecular complexity index is 1450. The topological polar surface area (TPSA) is 161 Å². The van der Waals surface area contributed by atoms with E-state index in [0.717, 1.165) is 48.2 Å². The molecule has 1 atom stereocenters. The number of nitrogens with one attached hydrogen (secondary N) is 1. The summed E-state index contributed by atoms with van der Waals surface area (Å²) in [5, 5.41) is 28.1. The van der Waals surface area contributed by atoms with E-state index in [-0.39, 0.29) is 38.1 Å². The van der Waals surface area contributed by atoms with Gasteiger partial charge >= 0.3 is 0 Å². The molecule has 0 radical (unpaired) electrons. The minimum Gasteiger partial charge on any atom is -0.400 e. The number of aliphatic hydroxyl groups is 3. The summed E-state index contributed by atoms with van der Waals surface area (Å²) in [5.41, 5.74) is 5.19. The highest BCUT2D eigenvalue weighted by molar-refractivity contribution is 5.91. The molecule has 4 N–H and O–H groups in total. The van der Waals surface area contributed by atoms with Gasteiger partial charge < -0.3 is 30.3 Å². The lowest BCUT2D eigenvalue weighted by molar-refractivity contribution is -0.129. The van der Waals surface area contributed by atoms with Gasteiger partial charge in [-0.3, -0.25) is 29.4 Å². The van der Waals surface area contributed by atoms with Crippen LogP contribution >= 0.6 is 0 Å². The Kier molecular flexibility index (Phi) is 17.5. The number of ether oxygens (including phenoxy) is 1. The molecule has 0 fully saturated rings. The van der Waals surface area contributed by atoms with Crippen molar-refractivity contribution in [3.8, 4) is 0 Å². The van der Waals surface area contributed by atoms with Crippen molar-refractivity contribution in [2.75, 3.05) is 39.2 Å². The second-order valence-corrected chi connectivity index (χ2v) is 11.5. The summed E-state index contributed by atoms with van der Waals surface area (Å²) in [7, 11) is 2.76. The van der Waals surface area contributed by atoms with Gasteiger partial charge in [-0.25, -0.2) is 0 Å². The van der Waals surface area contributed by atoms with Crippen LogP contribution in [0.4, 0.5) is 5.69 Å². The first-order valence-corrected chi connectivity index (χ1v) is 16.3. The summed E-state index contributed by atoms with van der Waals surface area (Å²) in [6.07, 6.45) is 6.92. The fourth-order valence-corrected chi connectivity index (χ4v) is 4.89. The molecule has 0 saturated heterocycles. The molecule has 3 aromatic heterocycles. The maximum absolute atomic E-state index is 12.5. The van der Waals surface area contributed by atoms with Gasteiger partial charge in [-0.15, -0.1) is 0 Å². The van der Waals surface area contributed by atoms with Gasteiger partial charge in [0.2, 0.25) is 11.8 Å². The Morgan fingerprint density at radius 2 is 1.43 bits per heavy atom. The zero-order chi connectivity index (χ0) is 35.3. The third-order valence-corrected chi connectivity index (χ3v) is 7.51. The van der Waals surface area contributed by atoms with E-state index < -0.39 is 6.10 Å². The van der Waals surface area contributed by atoms with Crippen molar-refractivity contribution in [3.05, 3.63) is 120 Å². The molecule has 0 aliphatic rings. The Morgan fingerprint density at radius 1 is 0.816 bits per heavy atom. The molecular weight excluding hydrogens is 624 g/mol. The third-order valence-electron chi connectivity index (χ3n) is 7.51. The number of pyridine rings is 3. The maximum atomic E-state index is 12.5. The molecule has 1 unspecified atom stereocenters. The summed E-state index contributed by atoms with van der Waals surface area (Å²) in [6, 6.07) is 22.9. The predicted octanol–water partition coefficient (Wildman–Crippen LogP) is 3.36. The minimum atomic E-state index is -0.702. The molecule has 12 heteroatoms.